The second-order valence-corrected chi connectivity index (χ2v) is 5.17. The third kappa shape index (κ3) is 3.07. The smallest absolute Gasteiger partial charge is 0.244 e. The molecule has 1 saturated heterocycles. The lowest BCUT2D eigenvalue weighted by Crippen LogP contribution is -2.47. The minimum Gasteiger partial charge on any atom is -0.497 e. The van der Waals surface area contributed by atoms with Crippen LogP contribution >= 0.6 is 0 Å². The summed E-state index contributed by atoms with van der Waals surface area (Å²) in [4.78, 5) is 12.5. The first-order valence-corrected chi connectivity index (χ1v) is 6.86. The summed E-state index contributed by atoms with van der Waals surface area (Å²) in [5.74, 6) is 0.889. The van der Waals surface area contributed by atoms with Gasteiger partial charge < -0.3 is 4.74 Å². The van der Waals surface area contributed by atoms with Crippen LogP contribution in [0.3, 0.4) is 0 Å². The Kier molecular flexibility index (Phi) is 4.43. The molecule has 1 aromatic rings. The van der Waals surface area contributed by atoms with Crippen molar-refractivity contribution >= 4 is 11.6 Å². The molecular weight excluding hydrogens is 240 g/mol. The van der Waals surface area contributed by atoms with E-state index in [9.17, 15) is 4.79 Å². The number of rotatable bonds is 4. The van der Waals surface area contributed by atoms with Gasteiger partial charge in [-0.2, -0.15) is 0 Å². The van der Waals surface area contributed by atoms with Crippen molar-refractivity contribution in [2.24, 2.45) is 5.92 Å². The average molecular weight is 262 g/mol. The predicted molar refractivity (Wildman–Crippen MR) is 76.1 cm³/mol. The number of carbonyl (C=O) groups is 1. The highest BCUT2D eigenvalue weighted by atomic mass is 16.5. The molecule has 0 saturated carbocycles. The molecule has 0 atom stereocenters. The number of hydrazine groups is 1. The number of hydrogen-bond donors (Lipinski definition) is 0. The largest absolute Gasteiger partial charge is 0.497 e. The molecule has 1 fully saturated rings. The number of amides is 1. The van der Waals surface area contributed by atoms with E-state index in [1.807, 2.05) is 43.1 Å². The molecular formula is C15H22N2O2. The van der Waals surface area contributed by atoms with E-state index in [0.29, 0.717) is 0 Å². The van der Waals surface area contributed by atoms with Crippen molar-refractivity contribution < 1.29 is 9.53 Å². The van der Waals surface area contributed by atoms with E-state index >= 15 is 0 Å². The number of methoxy groups -OCH3 is 1. The van der Waals surface area contributed by atoms with E-state index in [2.05, 4.69) is 5.01 Å². The minimum absolute atomic E-state index is 0.0215. The summed E-state index contributed by atoms with van der Waals surface area (Å²) in [5, 5.41) is 3.96. The molecule has 0 aliphatic carbocycles. The van der Waals surface area contributed by atoms with Gasteiger partial charge in [0.15, 0.2) is 0 Å². The Labute approximate surface area is 114 Å². The Morgan fingerprint density at radius 2 is 2.00 bits per heavy atom. The zero-order chi connectivity index (χ0) is 13.8. The van der Waals surface area contributed by atoms with Crippen molar-refractivity contribution in [2.45, 2.75) is 26.7 Å². The standard InChI is InChI=1S/C15H22N2O2/c1-12(2)15(18)17(16-9-4-5-10-16)13-7-6-8-14(11-13)19-3/h6-8,11-12H,4-5,9-10H2,1-3H3. The monoisotopic (exact) mass is 262 g/mol. The van der Waals surface area contributed by atoms with Gasteiger partial charge in [-0.05, 0) is 25.0 Å². The molecule has 19 heavy (non-hydrogen) atoms. The van der Waals surface area contributed by atoms with Crippen LogP contribution < -0.4 is 9.75 Å². The molecule has 0 unspecified atom stereocenters. The molecule has 104 valence electrons. The van der Waals surface area contributed by atoms with E-state index in [4.69, 9.17) is 4.74 Å². The van der Waals surface area contributed by atoms with Gasteiger partial charge in [0.1, 0.15) is 5.75 Å². The Morgan fingerprint density at radius 1 is 1.32 bits per heavy atom. The summed E-state index contributed by atoms with van der Waals surface area (Å²) in [6.45, 7) is 5.75. The molecule has 1 aliphatic rings. The Morgan fingerprint density at radius 3 is 2.58 bits per heavy atom. The summed E-state index contributed by atoms with van der Waals surface area (Å²) >= 11 is 0. The third-order valence-corrected chi connectivity index (χ3v) is 3.37. The molecule has 0 bridgehead atoms. The number of anilines is 1. The topological polar surface area (TPSA) is 32.8 Å². The van der Waals surface area contributed by atoms with Crippen LogP contribution in [0.15, 0.2) is 24.3 Å². The van der Waals surface area contributed by atoms with Crippen molar-refractivity contribution in [3.63, 3.8) is 0 Å². The van der Waals surface area contributed by atoms with Crippen LogP contribution in [0.2, 0.25) is 0 Å². The molecule has 1 aromatic carbocycles. The SMILES string of the molecule is COc1cccc(N(C(=O)C(C)C)N2CCCC2)c1. The summed E-state index contributed by atoms with van der Waals surface area (Å²) in [7, 11) is 1.64. The van der Waals surface area contributed by atoms with Gasteiger partial charge in [-0.25, -0.2) is 10.0 Å². The van der Waals surface area contributed by atoms with Gasteiger partial charge in [0, 0.05) is 25.1 Å². The fraction of sp³-hybridized carbons (Fsp3) is 0.533. The summed E-state index contributed by atoms with van der Waals surface area (Å²) in [6.07, 6.45) is 2.29. The maximum atomic E-state index is 12.5. The molecule has 1 amide bonds. The number of ether oxygens (including phenoxy) is 1. The first kappa shape index (κ1) is 13.9. The van der Waals surface area contributed by atoms with E-state index in [1.165, 1.54) is 0 Å². The van der Waals surface area contributed by atoms with Gasteiger partial charge in [-0.1, -0.05) is 19.9 Å². The van der Waals surface area contributed by atoms with Crippen molar-refractivity contribution in [1.82, 2.24) is 5.01 Å². The molecule has 0 aromatic heterocycles. The molecule has 1 heterocycles. The van der Waals surface area contributed by atoms with Gasteiger partial charge in [0.2, 0.25) is 5.91 Å². The van der Waals surface area contributed by atoms with E-state index in [-0.39, 0.29) is 11.8 Å². The minimum atomic E-state index is -0.0215. The molecule has 0 N–H and O–H groups in total. The fourth-order valence-electron chi connectivity index (χ4n) is 2.32. The Hall–Kier alpha value is -1.55. The van der Waals surface area contributed by atoms with E-state index in [1.54, 1.807) is 7.11 Å². The summed E-state index contributed by atoms with van der Waals surface area (Å²) in [6, 6.07) is 7.69. The lowest BCUT2D eigenvalue weighted by atomic mass is 10.2. The number of hydrogen-bond acceptors (Lipinski definition) is 3. The molecule has 0 radical (unpaired) electrons. The van der Waals surface area contributed by atoms with Gasteiger partial charge in [-0.15, -0.1) is 0 Å². The lowest BCUT2D eigenvalue weighted by molar-refractivity contribution is -0.124. The van der Waals surface area contributed by atoms with Crippen LogP contribution in [0.1, 0.15) is 26.7 Å². The maximum Gasteiger partial charge on any atom is 0.244 e. The molecule has 4 heteroatoms. The third-order valence-electron chi connectivity index (χ3n) is 3.37. The number of nitrogens with zero attached hydrogens (tertiary/aromatic N) is 2. The molecule has 0 spiro atoms. The average Bonchev–Trinajstić information content (AvgIpc) is 2.93. The molecule has 1 aliphatic heterocycles. The van der Waals surface area contributed by atoms with Crippen LogP contribution in [0.5, 0.6) is 5.75 Å². The molecule has 2 rings (SSSR count). The second kappa shape index (κ2) is 6.06. The quantitative estimate of drug-likeness (QED) is 0.836. The van der Waals surface area contributed by atoms with E-state index < -0.39 is 0 Å². The van der Waals surface area contributed by atoms with Gasteiger partial charge in [-0.3, -0.25) is 4.79 Å². The van der Waals surface area contributed by atoms with Crippen LogP contribution in [-0.2, 0) is 4.79 Å². The first-order valence-electron chi connectivity index (χ1n) is 6.86. The van der Waals surface area contributed by atoms with E-state index in [0.717, 1.165) is 37.4 Å². The lowest BCUT2D eigenvalue weighted by Gasteiger charge is -2.33. The highest BCUT2D eigenvalue weighted by Crippen LogP contribution is 2.26. The summed E-state index contributed by atoms with van der Waals surface area (Å²) < 4.78 is 5.25. The number of benzene rings is 1. The normalized spacial score (nSPS) is 15.8. The van der Waals surface area contributed by atoms with Crippen LogP contribution in [0.25, 0.3) is 0 Å². The van der Waals surface area contributed by atoms with Crippen LogP contribution in [0, 0.1) is 5.92 Å². The summed E-state index contributed by atoms with van der Waals surface area (Å²) in [5.41, 5.74) is 0.889. The highest BCUT2D eigenvalue weighted by molar-refractivity contribution is 5.93. The van der Waals surface area contributed by atoms with Crippen molar-refractivity contribution in [3.05, 3.63) is 24.3 Å². The highest BCUT2D eigenvalue weighted by Gasteiger charge is 2.27. The van der Waals surface area contributed by atoms with Crippen molar-refractivity contribution in [1.29, 1.82) is 0 Å². The zero-order valence-electron chi connectivity index (χ0n) is 11.9. The second-order valence-electron chi connectivity index (χ2n) is 5.17. The first-order chi connectivity index (χ1) is 9.13. The Balaban J connectivity index is 2.32. The molecule has 4 nitrogen and oxygen atoms in total. The predicted octanol–water partition coefficient (Wildman–Crippen LogP) is 2.70. The Bertz CT molecular complexity index is 440. The van der Waals surface area contributed by atoms with Gasteiger partial charge in [0.25, 0.3) is 0 Å². The fourth-order valence-corrected chi connectivity index (χ4v) is 2.32. The van der Waals surface area contributed by atoms with Crippen LogP contribution in [0.4, 0.5) is 5.69 Å². The van der Waals surface area contributed by atoms with Gasteiger partial charge in [0.05, 0.1) is 12.8 Å². The number of carbonyl (C=O) groups excluding carboxylic acids is 1. The maximum absolute atomic E-state index is 12.5. The zero-order valence-corrected chi connectivity index (χ0v) is 11.9. The van der Waals surface area contributed by atoms with Gasteiger partial charge >= 0.3 is 0 Å². The van der Waals surface area contributed by atoms with Crippen LogP contribution in [-0.4, -0.2) is 31.1 Å². The van der Waals surface area contributed by atoms with Crippen molar-refractivity contribution in [3.8, 4) is 5.75 Å². The van der Waals surface area contributed by atoms with Crippen molar-refractivity contribution in [2.75, 3.05) is 25.2 Å².